The van der Waals surface area contributed by atoms with Gasteiger partial charge in [0, 0.05) is 19.1 Å². The predicted molar refractivity (Wildman–Crippen MR) is 48.7 cm³/mol. The van der Waals surface area contributed by atoms with Crippen LogP contribution in [0.1, 0.15) is 20.8 Å². The molecule has 0 saturated carbocycles. The molecule has 0 aromatic carbocycles. The summed E-state index contributed by atoms with van der Waals surface area (Å²) in [5.41, 5.74) is -1.03. The van der Waals surface area contributed by atoms with Crippen molar-refractivity contribution >= 4 is 5.97 Å². The summed E-state index contributed by atoms with van der Waals surface area (Å²) in [6, 6.07) is 0.377. The van der Waals surface area contributed by atoms with Gasteiger partial charge in [-0.05, 0) is 20.8 Å². The Bertz CT molecular complexity index is 205. The van der Waals surface area contributed by atoms with Crippen LogP contribution in [0.3, 0.4) is 0 Å². The smallest absolute Gasteiger partial charge is 0.337 e. The molecule has 0 spiro atoms. The number of nitrogens with zero attached hydrogens (tertiary/aromatic N) is 1. The van der Waals surface area contributed by atoms with Crippen molar-refractivity contribution in [2.45, 2.75) is 32.4 Å². The van der Waals surface area contributed by atoms with Crippen LogP contribution in [0, 0.1) is 0 Å². The summed E-state index contributed by atoms with van der Waals surface area (Å²) in [6.07, 6.45) is 0. The van der Waals surface area contributed by atoms with Gasteiger partial charge in [-0.3, -0.25) is 4.90 Å². The lowest BCUT2D eigenvalue weighted by atomic mass is 10.0. The summed E-state index contributed by atoms with van der Waals surface area (Å²) < 4.78 is 5.27. The highest BCUT2D eigenvalue weighted by molar-refractivity contribution is 5.77. The molecule has 0 radical (unpaired) electrons. The number of aliphatic carboxylic acids is 1. The first-order valence-corrected chi connectivity index (χ1v) is 4.57. The molecular weight excluding hydrogens is 170 g/mol. The van der Waals surface area contributed by atoms with Crippen LogP contribution in [-0.4, -0.2) is 47.3 Å². The molecule has 0 aromatic rings. The van der Waals surface area contributed by atoms with Crippen molar-refractivity contribution < 1.29 is 14.6 Å². The monoisotopic (exact) mass is 187 g/mol. The molecule has 1 atom stereocenters. The Morgan fingerprint density at radius 3 is 2.69 bits per heavy atom. The summed E-state index contributed by atoms with van der Waals surface area (Å²) in [5.74, 6) is -0.877. The maximum atomic E-state index is 10.9. The second kappa shape index (κ2) is 3.64. The van der Waals surface area contributed by atoms with Crippen molar-refractivity contribution in [1.29, 1.82) is 0 Å². The summed E-state index contributed by atoms with van der Waals surface area (Å²) in [6.45, 7) is 7.55. The molecule has 1 aliphatic heterocycles. The minimum Gasteiger partial charge on any atom is -0.479 e. The van der Waals surface area contributed by atoms with Crippen molar-refractivity contribution in [2.24, 2.45) is 0 Å². The van der Waals surface area contributed by atoms with Crippen molar-refractivity contribution in [2.75, 3.05) is 19.7 Å². The molecule has 1 saturated heterocycles. The second-order valence-electron chi connectivity index (χ2n) is 3.95. The molecule has 0 aliphatic carbocycles. The van der Waals surface area contributed by atoms with Crippen molar-refractivity contribution in [3.63, 3.8) is 0 Å². The van der Waals surface area contributed by atoms with E-state index in [9.17, 15) is 4.79 Å². The zero-order chi connectivity index (χ0) is 10.1. The highest BCUT2D eigenvalue weighted by atomic mass is 16.5. The van der Waals surface area contributed by atoms with E-state index in [0.29, 0.717) is 19.2 Å². The third-order valence-corrected chi connectivity index (χ3v) is 2.49. The van der Waals surface area contributed by atoms with Gasteiger partial charge in [-0.15, -0.1) is 0 Å². The lowest BCUT2D eigenvalue weighted by Gasteiger charge is -2.39. The van der Waals surface area contributed by atoms with Gasteiger partial charge in [-0.25, -0.2) is 4.79 Å². The van der Waals surface area contributed by atoms with Crippen LogP contribution >= 0.6 is 0 Å². The largest absolute Gasteiger partial charge is 0.479 e. The van der Waals surface area contributed by atoms with Gasteiger partial charge in [0.1, 0.15) is 0 Å². The molecule has 76 valence electrons. The molecule has 1 heterocycles. The van der Waals surface area contributed by atoms with Crippen LogP contribution in [0.5, 0.6) is 0 Å². The minimum atomic E-state index is -1.03. The molecule has 1 unspecified atom stereocenters. The fourth-order valence-electron chi connectivity index (χ4n) is 1.47. The van der Waals surface area contributed by atoms with Crippen LogP contribution in [0.15, 0.2) is 0 Å². The van der Waals surface area contributed by atoms with Gasteiger partial charge in [0.2, 0.25) is 0 Å². The second-order valence-corrected chi connectivity index (χ2v) is 3.95. The highest BCUT2D eigenvalue weighted by Crippen LogP contribution is 2.19. The summed E-state index contributed by atoms with van der Waals surface area (Å²) >= 11 is 0. The molecule has 0 aromatic heterocycles. The summed E-state index contributed by atoms with van der Waals surface area (Å²) in [5, 5.41) is 8.95. The van der Waals surface area contributed by atoms with Crippen LogP contribution < -0.4 is 0 Å². The van der Waals surface area contributed by atoms with Crippen LogP contribution in [-0.2, 0) is 9.53 Å². The fourth-order valence-corrected chi connectivity index (χ4v) is 1.47. The molecule has 1 fully saturated rings. The number of hydrogen-bond acceptors (Lipinski definition) is 3. The Morgan fingerprint density at radius 2 is 2.23 bits per heavy atom. The lowest BCUT2D eigenvalue weighted by molar-refractivity contribution is -0.175. The standard InChI is InChI=1S/C9H17NO3/c1-7(2)10-4-5-13-9(3,6-10)8(11)12/h7H,4-6H2,1-3H3,(H,11,12). The topological polar surface area (TPSA) is 49.8 Å². The van der Waals surface area contributed by atoms with E-state index < -0.39 is 11.6 Å². The van der Waals surface area contributed by atoms with E-state index in [-0.39, 0.29) is 0 Å². The third-order valence-electron chi connectivity index (χ3n) is 2.49. The maximum absolute atomic E-state index is 10.9. The fraction of sp³-hybridized carbons (Fsp3) is 0.889. The van der Waals surface area contributed by atoms with E-state index in [1.54, 1.807) is 6.92 Å². The predicted octanol–water partition coefficient (Wildman–Crippen LogP) is 0.570. The average Bonchev–Trinajstić information content (AvgIpc) is 2.04. The Morgan fingerprint density at radius 1 is 1.62 bits per heavy atom. The van der Waals surface area contributed by atoms with Gasteiger partial charge < -0.3 is 9.84 Å². The molecule has 1 rings (SSSR count). The van der Waals surface area contributed by atoms with Crippen molar-refractivity contribution in [3.05, 3.63) is 0 Å². The molecular formula is C9H17NO3. The van der Waals surface area contributed by atoms with Crippen molar-refractivity contribution in [1.82, 2.24) is 4.90 Å². The van der Waals surface area contributed by atoms with Gasteiger partial charge in [0.05, 0.1) is 6.61 Å². The minimum absolute atomic E-state index is 0.377. The van der Waals surface area contributed by atoms with E-state index in [1.807, 2.05) is 0 Å². The number of carbonyl (C=O) groups is 1. The first-order chi connectivity index (χ1) is 5.96. The number of ether oxygens (including phenoxy) is 1. The Labute approximate surface area is 78.5 Å². The molecule has 13 heavy (non-hydrogen) atoms. The van der Waals surface area contributed by atoms with Crippen molar-refractivity contribution in [3.8, 4) is 0 Å². The third kappa shape index (κ3) is 2.19. The summed E-state index contributed by atoms with van der Waals surface area (Å²) in [4.78, 5) is 13.0. The van der Waals surface area contributed by atoms with E-state index in [0.717, 1.165) is 6.54 Å². The van der Waals surface area contributed by atoms with Crippen LogP contribution in [0.4, 0.5) is 0 Å². The molecule has 0 bridgehead atoms. The quantitative estimate of drug-likeness (QED) is 0.686. The van der Waals surface area contributed by atoms with Crippen LogP contribution in [0.25, 0.3) is 0 Å². The van der Waals surface area contributed by atoms with Gasteiger partial charge in [-0.1, -0.05) is 0 Å². The number of morpholine rings is 1. The average molecular weight is 187 g/mol. The molecule has 1 aliphatic rings. The maximum Gasteiger partial charge on any atom is 0.337 e. The molecule has 0 amide bonds. The Hall–Kier alpha value is -0.610. The van der Waals surface area contributed by atoms with Gasteiger partial charge in [-0.2, -0.15) is 0 Å². The van der Waals surface area contributed by atoms with E-state index >= 15 is 0 Å². The van der Waals surface area contributed by atoms with Crippen LogP contribution in [0.2, 0.25) is 0 Å². The van der Waals surface area contributed by atoms with Gasteiger partial charge >= 0.3 is 5.97 Å². The number of carboxylic acid groups (broad SMARTS) is 1. The molecule has 4 heteroatoms. The SMILES string of the molecule is CC(C)N1CCOC(C)(C(=O)O)C1. The van der Waals surface area contributed by atoms with E-state index in [2.05, 4.69) is 18.7 Å². The lowest BCUT2D eigenvalue weighted by Crippen LogP contribution is -2.56. The number of carboxylic acids is 1. The molecule has 4 nitrogen and oxygen atoms in total. The van der Waals surface area contributed by atoms with Gasteiger partial charge in [0.25, 0.3) is 0 Å². The summed E-state index contributed by atoms with van der Waals surface area (Å²) in [7, 11) is 0. The first kappa shape index (κ1) is 10.5. The molecule has 1 N–H and O–H groups in total. The normalized spacial score (nSPS) is 30.8. The van der Waals surface area contributed by atoms with E-state index in [4.69, 9.17) is 9.84 Å². The Balaban J connectivity index is 2.65. The zero-order valence-electron chi connectivity index (χ0n) is 8.41. The zero-order valence-corrected chi connectivity index (χ0v) is 8.41. The van der Waals surface area contributed by atoms with Gasteiger partial charge in [0.15, 0.2) is 5.60 Å². The highest BCUT2D eigenvalue weighted by Gasteiger charge is 2.39. The first-order valence-electron chi connectivity index (χ1n) is 4.57. The Kier molecular flexibility index (Phi) is 2.93. The number of hydrogen-bond donors (Lipinski definition) is 1. The number of rotatable bonds is 2. The van der Waals surface area contributed by atoms with E-state index in [1.165, 1.54) is 0 Å².